The number of fused-ring (bicyclic) bond motifs is 1. The number of oxazole rings is 1. The number of hydrogen-bond acceptors (Lipinski definition) is 5. The number of carbonyl (C=O) groups excluding carboxylic acids is 1. The second kappa shape index (κ2) is 6.43. The molecule has 1 aromatic carbocycles. The number of nitrogens with zero attached hydrogens (tertiary/aromatic N) is 2. The van der Waals surface area contributed by atoms with Crippen molar-refractivity contribution in [2.75, 3.05) is 18.8 Å². The minimum atomic E-state index is -0.442. The first kappa shape index (κ1) is 16.2. The number of carbonyl (C=O) groups is 1. The van der Waals surface area contributed by atoms with Gasteiger partial charge in [0.25, 0.3) is 5.22 Å². The molecule has 5 nitrogen and oxygen atoms in total. The number of thioether (sulfide) groups is 1. The molecule has 0 aliphatic carbocycles. The second-order valence-corrected chi connectivity index (χ2v) is 7.81. The Kier molecular flexibility index (Phi) is 4.53. The highest BCUT2D eigenvalue weighted by atomic mass is 32.2. The summed E-state index contributed by atoms with van der Waals surface area (Å²) in [5.41, 5.74) is 1.26. The van der Waals surface area contributed by atoms with Crippen LogP contribution in [-0.2, 0) is 4.74 Å². The van der Waals surface area contributed by atoms with E-state index in [1.807, 2.05) is 45.0 Å². The molecule has 3 rings (SSSR count). The lowest BCUT2D eigenvalue weighted by atomic mass is 10.2. The maximum atomic E-state index is 12.1. The summed E-state index contributed by atoms with van der Waals surface area (Å²) < 4.78 is 11.1. The normalized spacial score (nSPS) is 18.6. The van der Waals surface area contributed by atoms with Crippen LogP contribution in [0.5, 0.6) is 0 Å². The molecule has 0 unspecified atom stereocenters. The Hall–Kier alpha value is -1.69. The van der Waals surface area contributed by atoms with Gasteiger partial charge in [-0.05, 0) is 45.2 Å². The largest absolute Gasteiger partial charge is 0.444 e. The van der Waals surface area contributed by atoms with Crippen molar-refractivity contribution >= 4 is 29.0 Å². The summed E-state index contributed by atoms with van der Waals surface area (Å²) in [5, 5.41) is 0.696. The minimum Gasteiger partial charge on any atom is -0.444 e. The number of benzene rings is 1. The van der Waals surface area contributed by atoms with E-state index in [4.69, 9.17) is 9.15 Å². The number of ether oxygens (including phenoxy) is 1. The number of likely N-dealkylation sites (tertiary alicyclic amines) is 1. The molecule has 0 spiro atoms. The highest BCUT2D eigenvalue weighted by Crippen LogP contribution is 2.28. The summed E-state index contributed by atoms with van der Waals surface area (Å²) in [4.78, 5) is 18.3. The zero-order valence-electron chi connectivity index (χ0n) is 13.7. The van der Waals surface area contributed by atoms with Gasteiger partial charge in [-0.2, -0.15) is 0 Å². The molecule has 2 heterocycles. The molecule has 23 heavy (non-hydrogen) atoms. The van der Waals surface area contributed by atoms with E-state index >= 15 is 0 Å². The van der Waals surface area contributed by atoms with E-state index in [1.54, 1.807) is 16.7 Å². The molecule has 6 heteroatoms. The third-order valence-electron chi connectivity index (χ3n) is 3.65. The molecule has 0 saturated carbocycles. The van der Waals surface area contributed by atoms with E-state index in [2.05, 4.69) is 4.98 Å². The van der Waals surface area contributed by atoms with Gasteiger partial charge in [-0.15, -0.1) is 0 Å². The molecule has 0 N–H and O–H groups in total. The average molecular weight is 334 g/mol. The summed E-state index contributed by atoms with van der Waals surface area (Å²) in [5.74, 6) is 1.34. The van der Waals surface area contributed by atoms with Gasteiger partial charge in [-0.1, -0.05) is 23.9 Å². The number of rotatable bonds is 3. The Bertz CT molecular complexity index is 659. The van der Waals surface area contributed by atoms with Crippen molar-refractivity contribution in [1.29, 1.82) is 0 Å². The molecular weight excluding hydrogens is 312 g/mol. The molecule has 1 saturated heterocycles. The van der Waals surface area contributed by atoms with Gasteiger partial charge in [0.2, 0.25) is 0 Å². The number of aromatic nitrogens is 1. The standard InChI is InChI=1S/C17H22N2O3S/c1-17(2,3)22-16(20)19-9-8-12(10-19)11-23-15-18-13-6-4-5-7-14(13)21-15/h4-7,12H,8-11H2,1-3H3/t12-/m1/s1. The zero-order chi connectivity index (χ0) is 16.4. The fourth-order valence-electron chi connectivity index (χ4n) is 2.56. The third kappa shape index (κ3) is 4.19. The SMILES string of the molecule is CC(C)(C)OC(=O)N1CC[C@@H](CSc2nc3ccccc3o2)C1. The van der Waals surface area contributed by atoms with Crippen molar-refractivity contribution in [3.8, 4) is 0 Å². The van der Waals surface area contributed by atoms with Crippen LogP contribution in [0.4, 0.5) is 4.79 Å². The van der Waals surface area contributed by atoms with Gasteiger partial charge in [-0.25, -0.2) is 9.78 Å². The zero-order valence-corrected chi connectivity index (χ0v) is 14.6. The summed E-state index contributed by atoms with van der Waals surface area (Å²) in [6.45, 7) is 7.17. The molecule has 124 valence electrons. The molecule has 1 aliphatic heterocycles. The predicted octanol–water partition coefficient (Wildman–Crippen LogP) is 4.18. The third-order valence-corrected chi connectivity index (χ3v) is 4.71. The molecule has 1 atom stereocenters. The molecule has 1 aliphatic rings. The fraction of sp³-hybridized carbons (Fsp3) is 0.529. The second-order valence-electron chi connectivity index (χ2n) is 6.84. The molecule has 2 aromatic rings. The quantitative estimate of drug-likeness (QED) is 0.788. The number of amides is 1. The molecule has 1 fully saturated rings. The Morgan fingerprint density at radius 1 is 1.43 bits per heavy atom. The van der Waals surface area contributed by atoms with Crippen LogP contribution in [0, 0.1) is 5.92 Å². The Balaban J connectivity index is 1.51. The van der Waals surface area contributed by atoms with Gasteiger partial charge in [0.05, 0.1) is 0 Å². The Labute approximate surface area is 140 Å². The minimum absolute atomic E-state index is 0.216. The lowest BCUT2D eigenvalue weighted by Gasteiger charge is -2.24. The van der Waals surface area contributed by atoms with E-state index in [0.717, 1.165) is 36.4 Å². The van der Waals surface area contributed by atoms with Crippen LogP contribution in [0.15, 0.2) is 33.9 Å². The first-order chi connectivity index (χ1) is 10.9. The van der Waals surface area contributed by atoms with Gasteiger partial charge in [0.15, 0.2) is 5.58 Å². The fourth-order valence-corrected chi connectivity index (χ4v) is 3.52. The first-order valence-corrected chi connectivity index (χ1v) is 8.85. The summed E-state index contributed by atoms with van der Waals surface area (Å²) in [6, 6.07) is 7.77. The van der Waals surface area contributed by atoms with Crippen LogP contribution < -0.4 is 0 Å². The van der Waals surface area contributed by atoms with Gasteiger partial charge < -0.3 is 14.1 Å². The van der Waals surface area contributed by atoms with Crippen molar-refractivity contribution in [2.24, 2.45) is 5.92 Å². The maximum Gasteiger partial charge on any atom is 0.410 e. The highest BCUT2D eigenvalue weighted by molar-refractivity contribution is 7.99. The van der Waals surface area contributed by atoms with E-state index in [9.17, 15) is 4.79 Å². The monoisotopic (exact) mass is 334 g/mol. The van der Waals surface area contributed by atoms with Gasteiger partial charge in [0.1, 0.15) is 11.1 Å². The molecule has 0 bridgehead atoms. The predicted molar refractivity (Wildman–Crippen MR) is 90.6 cm³/mol. The molecule has 0 radical (unpaired) electrons. The highest BCUT2D eigenvalue weighted by Gasteiger charge is 2.30. The van der Waals surface area contributed by atoms with E-state index < -0.39 is 5.60 Å². The Morgan fingerprint density at radius 2 is 2.22 bits per heavy atom. The van der Waals surface area contributed by atoms with Crippen LogP contribution in [0.2, 0.25) is 0 Å². The number of para-hydroxylation sites is 2. The summed E-state index contributed by atoms with van der Waals surface area (Å²) in [7, 11) is 0. The van der Waals surface area contributed by atoms with Crippen LogP contribution in [0.3, 0.4) is 0 Å². The van der Waals surface area contributed by atoms with Crippen molar-refractivity contribution in [1.82, 2.24) is 9.88 Å². The molecule has 1 aromatic heterocycles. The topological polar surface area (TPSA) is 55.6 Å². The van der Waals surface area contributed by atoms with Crippen molar-refractivity contribution in [3.63, 3.8) is 0 Å². The van der Waals surface area contributed by atoms with Crippen molar-refractivity contribution in [2.45, 2.75) is 38.0 Å². The maximum absolute atomic E-state index is 12.1. The average Bonchev–Trinajstić information content (AvgIpc) is 3.09. The van der Waals surface area contributed by atoms with Gasteiger partial charge in [-0.3, -0.25) is 0 Å². The van der Waals surface area contributed by atoms with Crippen LogP contribution >= 0.6 is 11.8 Å². The summed E-state index contributed by atoms with van der Waals surface area (Å²) >= 11 is 1.61. The Morgan fingerprint density at radius 3 is 2.96 bits per heavy atom. The van der Waals surface area contributed by atoms with Gasteiger partial charge >= 0.3 is 6.09 Å². The van der Waals surface area contributed by atoms with E-state index in [1.165, 1.54) is 0 Å². The molecular formula is C17H22N2O3S. The number of hydrogen-bond donors (Lipinski definition) is 0. The van der Waals surface area contributed by atoms with E-state index in [-0.39, 0.29) is 6.09 Å². The van der Waals surface area contributed by atoms with Crippen LogP contribution in [0.1, 0.15) is 27.2 Å². The lowest BCUT2D eigenvalue weighted by molar-refractivity contribution is 0.0289. The van der Waals surface area contributed by atoms with Crippen LogP contribution in [-0.4, -0.2) is 40.4 Å². The van der Waals surface area contributed by atoms with Gasteiger partial charge in [0, 0.05) is 18.8 Å². The molecule has 1 amide bonds. The van der Waals surface area contributed by atoms with E-state index in [0.29, 0.717) is 11.1 Å². The first-order valence-electron chi connectivity index (χ1n) is 7.87. The van der Waals surface area contributed by atoms with Crippen molar-refractivity contribution < 1.29 is 13.9 Å². The summed E-state index contributed by atoms with van der Waals surface area (Å²) in [6.07, 6.45) is 0.777. The van der Waals surface area contributed by atoms with Crippen LogP contribution in [0.25, 0.3) is 11.1 Å². The van der Waals surface area contributed by atoms with Crippen molar-refractivity contribution in [3.05, 3.63) is 24.3 Å². The smallest absolute Gasteiger partial charge is 0.410 e. The lowest BCUT2D eigenvalue weighted by Crippen LogP contribution is -2.35.